The molecule has 25 heavy (non-hydrogen) atoms. The van der Waals surface area contributed by atoms with Gasteiger partial charge in [0.2, 0.25) is 0 Å². The maximum absolute atomic E-state index is 13.0. The lowest BCUT2D eigenvalue weighted by Crippen LogP contribution is -2.49. The molecule has 1 amide bonds. The van der Waals surface area contributed by atoms with Crippen LogP contribution in [0.1, 0.15) is 35.8 Å². The van der Waals surface area contributed by atoms with Gasteiger partial charge in [0.1, 0.15) is 5.75 Å². The van der Waals surface area contributed by atoms with E-state index < -0.39 is 11.9 Å². The third kappa shape index (κ3) is 3.16. The Kier molecular flexibility index (Phi) is 4.61. The van der Waals surface area contributed by atoms with Gasteiger partial charge < -0.3 is 14.7 Å². The van der Waals surface area contributed by atoms with E-state index in [0.717, 1.165) is 10.9 Å². The second-order valence-corrected chi connectivity index (χ2v) is 6.51. The largest absolute Gasteiger partial charge is 0.497 e. The van der Waals surface area contributed by atoms with E-state index in [2.05, 4.69) is 4.98 Å². The molecule has 6 heteroatoms. The molecule has 2 heterocycles. The van der Waals surface area contributed by atoms with Gasteiger partial charge in [-0.1, -0.05) is 0 Å². The van der Waals surface area contributed by atoms with Crippen LogP contribution in [-0.2, 0) is 4.79 Å². The van der Waals surface area contributed by atoms with Crippen LogP contribution in [0.5, 0.6) is 5.75 Å². The van der Waals surface area contributed by atoms with E-state index in [1.54, 1.807) is 18.9 Å². The van der Waals surface area contributed by atoms with Gasteiger partial charge in [-0.2, -0.15) is 0 Å². The molecule has 2 atom stereocenters. The van der Waals surface area contributed by atoms with Crippen molar-refractivity contribution in [3.05, 3.63) is 35.5 Å². The molecule has 0 bridgehead atoms. The van der Waals surface area contributed by atoms with Gasteiger partial charge in [-0.3, -0.25) is 14.6 Å². The number of fused-ring (bicyclic) bond motifs is 1. The number of methoxy groups -OCH3 is 1. The molecule has 1 aromatic carbocycles. The molecule has 1 N–H and O–H groups in total. The van der Waals surface area contributed by atoms with Crippen LogP contribution in [0, 0.1) is 12.8 Å². The average molecular weight is 342 g/mol. The summed E-state index contributed by atoms with van der Waals surface area (Å²) in [6, 6.07) is 7.04. The van der Waals surface area contributed by atoms with Crippen molar-refractivity contribution in [2.24, 2.45) is 5.92 Å². The van der Waals surface area contributed by atoms with Crippen molar-refractivity contribution < 1.29 is 19.4 Å². The van der Waals surface area contributed by atoms with Crippen molar-refractivity contribution in [2.75, 3.05) is 13.7 Å². The molecule has 1 aliphatic heterocycles. The fraction of sp³-hybridized carbons (Fsp3) is 0.421. The highest BCUT2D eigenvalue weighted by Gasteiger charge is 2.36. The summed E-state index contributed by atoms with van der Waals surface area (Å²) in [7, 11) is 1.60. The summed E-state index contributed by atoms with van der Waals surface area (Å²) in [5.74, 6) is -0.797. The molecule has 0 saturated carbocycles. The minimum Gasteiger partial charge on any atom is -0.497 e. The lowest BCUT2D eigenvalue weighted by molar-refractivity contribution is -0.144. The Morgan fingerprint density at radius 3 is 2.76 bits per heavy atom. The van der Waals surface area contributed by atoms with Crippen molar-refractivity contribution >= 4 is 22.8 Å². The van der Waals surface area contributed by atoms with Crippen molar-refractivity contribution in [1.29, 1.82) is 0 Å². The van der Waals surface area contributed by atoms with Crippen molar-refractivity contribution in [3.8, 4) is 5.75 Å². The van der Waals surface area contributed by atoms with Crippen LogP contribution in [0.2, 0.25) is 0 Å². The molecule has 1 fully saturated rings. The molecule has 3 rings (SSSR count). The van der Waals surface area contributed by atoms with Gasteiger partial charge in [0.25, 0.3) is 5.91 Å². The maximum Gasteiger partial charge on any atom is 0.308 e. The second kappa shape index (κ2) is 6.70. The molecular weight excluding hydrogens is 320 g/mol. The lowest BCUT2D eigenvalue weighted by Gasteiger charge is -2.37. The van der Waals surface area contributed by atoms with Crippen molar-refractivity contribution in [1.82, 2.24) is 9.88 Å². The van der Waals surface area contributed by atoms with E-state index in [-0.39, 0.29) is 11.9 Å². The second-order valence-electron chi connectivity index (χ2n) is 6.51. The summed E-state index contributed by atoms with van der Waals surface area (Å²) in [4.78, 5) is 30.6. The molecular formula is C19H22N2O4. The molecule has 1 aliphatic rings. The number of amides is 1. The number of hydrogen-bond acceptors (Lipinski definition) is 4. The number of ether oxygens (including phenoxy) is 1. The Hall–Kier alpha value is -2.63. The van der Waals surface area contributed by atoms with Crippen LogP contribution >= 0.6 is 0 Å². The van der Waals surface area contributed by atoms with Crippen LogP contribution in [0.3, 0.4) is 0 Å². The Morgan fingerprint density at radius 1 is 1.32 bits per heavy atom. The number of aliphatic carboxylic acids is 1. The Morgan fingerprint density at radius 2 is 2.08 bits per heavy atom. The number of nitrogens with zero attached hydrogens (tertiary/aromatic N) is 2. The van der Waals surface area contributed by atoms with Gasteiger partial charge in [-0.05, 0) is 44.9 Å². The van der Waals surface area contributed by atoms with Gasteiger partial charge in [0.05, 0.1) is 29.8 Å². The van der Waals surface area contributed by atoms with Crippen LogP contribution in [0.15, 0.2) is 24.3 Å². The minimum atomic E-state index is -0.842. The highest BCUT2D eigenvalue weighted by atomic mass is 16.5. The SMILES string of the molecule is COc1ccc2cc(C(=O)N3CCC[C@H](C(=O)O)[C@@H]3C)c(C)nc2c1. The number of carbonyl (C=O) groups is 2. The van der Waals surface area contributed by atoms with E-state index in [1.807, 2.05) is 31.2 Å². The van der Waals surface area contributed by atoms with Gasteiger partial charge in [0, 0.05) is 24.0 Å². The number of rotatable bonds is 3. The van der Waals surface area contributed by atoms with Crippen LogP contribution < -0.4 is 4.74 Å². The molecule has 132 valence electrons. The van der Waals surface area contributed by atoms with E-state index in [1.165, 1.54) is 0 Å². The molecule has 0 spiro atoms. The normalized spacial score (nSPS) is 20.5. The third-order valence-corrected chi connectivity index (χ3v) is 5.01. The number of hydrogen-bond donors (Lipinski definition) is 1. The van der Waals surface area contributed by atoms with E-state index in [9.17, 15) is 14.7 Å². The highest BCUT2D eigenvalue weighted by Crippen LogP contribution is 2.27. The quantitative estimate of drug-likeness (QED) is 0.928. The topological polar surface area (TPSA) is 79.7 Å². The summed E-state index contributed by atoms with van der Waals surface area (Å²) in [6.07, 6.45) is 1.30. The Balaban J connectivity index is 1.96. The van der Waals surface area contributed by atoms with Gasteiger partial charge >= 0.3 is 5.97 Å². The van der Waals surface area contributed by atoms with Crippen molar-refractivity contribution in [3.63, 3.8) is 0 Å². The van der Waals surface area contributed by atoms with E-state index in [4.69, 9.17) is 4.74 Å². The molecule has 0 aliphatic carbocycles. The fourth-order valence-electron chi connectivity index (χ4n) is 3.50. The number of aryl methyl sites for hydroxylation is 1. The van der Waals surface area contributed by atoms with Crippen LogP contribution in [0.25, 0.3) is 10.9 Å². The summed E-state index contributed by atoms with van der Waals surface area (Å²) >= 11 is 0. The first kappa shape index (κ1) is 17.2. The third-order valence-electron chi connectivity index (χ3n) is 5.01. The zero-order valence-electron chi connectivity index (χ0n) is 14.7. The van der Waals surface area contributed by atoms with Gasteiger partial charge in [-0.15, -0.1) is 0 Å². The number of likely N-dealkylation sites (tertiary alicyclic amines) is 1. The van der Waals surface area contributed by atoms with Crippen LogP contribution in [0.4, 0.5) is 0 Å². The van der Waals surface area contributed by atoms with Gasteiger partial charge in [0.15, 0.2) is 0 Å². The summed E-state index contributed by atoms with van der Waals surface area (Å²) < 4.78 is 5.21. The van der Waals surface area contributed by atoms with E-state index in [0.29, 0.717) is 36.4 Å². The highest BCUT2D eigenvalue weighted by molar-refractivity contribution is 5.99. The molecule has 1 saturated heterocycles. The molecule has 1 aromatic heterocycles. The van der Waals surface area contributed by atoms with Crippen LogP contribution in [-0.4, -0.2) is 46.6 Å². The molecule has 0 radical (unpaired) electrons. The number of carbonyl (C=O) groups excluding carboxylic acids is 1. The lowest BCUT2D eigenvalue weighted by atomic mass is 9.89. The number of carboxylic acid groups (broad SMARTS) is 1. The smallest absolute Gasteiger partial charge is 0.308 e. The predicted molar refractivity (Wildman–Crippen MR) is 93.9 cm³/mol. The number of piperidine rings is 1. The minimum absolute atomic E-state index is 0.152. The molecule has 6 nitrogen and oxygen atoms in total. The number of carboxylic acids is 1. The monoisotopic (exact) mass is 342 g/mol. The average Bonchev–Trinajstić information content (AvgIpc) is 2.60. The fourth-order valence-corrected chi connectivity index (χ4v) is 3.50. The standard InChI is InChI=1S/C19H22N2O4/c1-11-16(9-13-6-7-14(25-3)10-17(13)20-11)18(22)21-8-4-5-15(12(21)2)19(23)24/h6-7,9-10,12,15H,4-5,8H2,1-3H3,(H,23,24)/t12-,15-/m0/s1. The maximum atomic E-state index is 13.0. The summed E-state index contributed by atoms with van der Waals surface area (Å²) in [5, 5.41) is 10.2. The first-order valence-corrected chi connectivity index (χ1v) is 8.41. The van der Waals surface area contributed by atoms with Gasteiger partial charge in [-0.25, -0.2) is 0 Å². The number of pyridine rings is 1. The zero-order chi connectivity index (χ0) is 18.1. The number of benzene rings is 1. The summed E-state index contributed by atoms with van der Waals surface area (Å²) in [6.45, 7) is 4.18. The molecule has 2 aromatic rings. The summed E-state index contributed by atoms with van der Waals surface area (Å²) in [5.41, 5.74) is 1.93. The Bertz CT molecular complexity index is 834. The van der Waals surface area contributed by atoms with Crippen molar-refractivity contribution in [2.45, 2.75) is 32.7 Å². The Labute approximate surface area is 146 Å². The first-order valence-electron chi connectivity index (χ1n) is 8.41. The van der Waals surface area contributed by atoms with E-state index >= 15 is 0 Å². The number of aromatic nitrogens is 1. The predicted octanol–water partition coefficient (Wildman–Crippen LogP) is 2.88. The zero-order valence-corrected chi connectivity index (χ0v) is 14.7. The molecule has 0 unspecified atom stereocenters. The first-order chi connectivity index (χ1) is 11.9.